The predicted molar refractivity (Wildman–Crippen MR) is 82.9 cm³/mol. The third kappa shape index (κ3) is 2.77. The van der Waals surface area contributed by atoms with Crippen molar-refractivity contribution >= 4 is 0 Å². The summed E-state index contributed by atoms with van der Waals surface area (Å²) in [6, 6.07) is 8.52. The molecular weight excluding hydrogens is 284 g/mol. The van der Waals surface area contributed by atoms with Gasteiger partial charge in [-0.1, -0.05) is 18.2 Å². The van der Waals surface area contributed by atoms with Gasteiger partial charge in [-0.15, -0.1) is 0 Å². The molecule has 0 bridgehead atoms. The normalized spacial score (nSPS) is 17.3. The number of nitrogens with zero attached hydrogens (tertiary/aromatic N) is 3. The third-order valence-corrected chi connectivity index (χ3v) is 4.60. The van der Waals surface area contributed by atoms with Crippen LogP contribution >= 0.6 is 0 Å². The van der Waals surface area contributed by atoms with Crippen molar-refractivity contribution in [1.29, 1.82) is 0 Å². The number of benzene rings is 1. The van der Waals surface area contributed by atoms with Gasteiger partial charge in [0.2, 0.25) is 0 Å². The van der Waals surface area contributed by atoms with Crippen molar-refractivity contribution in [3.8, 4) is 11.1 Å². The molecule has 0 saturated carbocycles. The van der Waals surface area contributed by atoms with E-state index in [0.717, 1.165) is 28.9 Å². The van der Waals surface area contributed by atoms with Gasteiger partial charge in [-0.25, -0.2) is 4.68 Å². The molecule has 0 unspecified atom stereocenters. The van der Waals surface area contributed by atoms with E-state index in [0.29, 0.717) is 11.7 Å². The molecule has 0 amide bonds. The van der Waals surface area contributed by atoms with Crippen LogP contribution in [-0.4, -0.2) is 27.8 Å². The largest absolute Gasteiger partial charge is 0.333 e. The lowest BCUT2D eigenvalue weighted by atomic mass is 10.00. The minimum Gasteiger partial charge on any atom is -0.297 e. The molecule has 3 rings (SSSR count). The fourth-order valence-corrected chi connectivity index (χ4v) is 3.21. The lowest BCUT2D eigenvalue weighted by Gasteiger charge is -2.24. The van der Waals surface area contributed by atoms with Gasteiger partial charge in [0.1, 0.15) is 0 Å². The molecule has 1 fully saturated rings. The van der Waals surface area contributed by atoms with E-state index in [1.54, 1.807) is 6.92 Å². The van der Waals surface area contributed by atoms with E-state index in [-0.39, 0.29) is 0 Å². The van der Waals surface area contributed by atoms with E-state index in [2.05, 4.69) is 29.1 Å². The minimum atomic E-state index is -2.60. The number of alkyl halides is 2. The number of halogens is 2. The zero-order valence-electron chi connectivity index (χ0n) is 13.0. The van der Waals surface area contributed by atoms with Crippen molar-refractivity contribution in [3.63, 3.8) is 0 Å². The smallest absolute Gasteiger partial charge is 0.297 e. The number of aromatic nitrogens is 2. The highest BCUT2D eigenvalue weighted by Gasteiger charge is 2.20. The maximum absolute atomic E-state index is 12.9. The lowest BCUT2D eigenvalue weighted by molar-refractivity contribution is 0.0545. The number of likely N-dealkylation sites (tertiary alicyclic amines) is 1. The van der Waals surface area contributed by atoms with Crippen molar-refractivity contribution < 1.29 is 8.78 Å². The second-order valence-corrected chi connectivity index (χ2v) is 5.91. The predicted octanol–water partition coefficient (Wildman–Crippen LogP) is 4.41. The first-order chi connectivity index (χ1) is 10.6. The van der Waals surface area contributed by atoms with Gasteiger partial charge >= 0.3 is 6.55 Å². The summed E-state index contributed by atoms with van der Waals surface area (Å²) in [5.74, 6) is 0. The molecule has 1 aromatic carbocycles. The Kier molecular flexibility index (Phi) is 4.25. The summed E-state index contributed by atoms with van der Waals surface area (Å²) in [6.45, 7) is 3.56. The van der Waals surface area contributed by atoms with Crippen LogP contribution in [0.5, 0.6) is 0 Å². The van der Waals surface area contributed by atoms with Crippen molar-refractivity contribution in [2.24, 2.45) is 0 Å². The summed E-state index contributed by atoms with van der Waals surface area (Å²) in [4.78, 5) is 2.47. The molecular formula is C17H21F2N3. The quantitative estimate of drug-likeness (QED) is 0.834. The summed E-state index contributed by atoms with van der Waals surface area (Å²) in [5.41, 5.74) is 3.45. The molecule has 2 heterocycles. The van der Waals surface area contributed by atoms with Crippen LogP contribution in [0.4, 0.5) is 8.78 Å². The monoisotopic (exact) mass is 305 g/mol. The van der Waals surface area contributed by atoms with Crippen LogP contribution in [0.1, 0.15) is 43.6 Å². The molecule has 0 N–H and O–H groups in total. The Balaban J connectivity index is 1.91. The molecule has 0 spiro atoms. The van der Waals surface area contributed by atoms with E-state index >= 15 is 0 Å². The van der Waals surface area contributed by atoms with Gasteiger partial charge in [-0.2, -0.15) is 13.9 Å². The zero-order chi connectivity index (χ0) is 15.7. The Morgan fingerprint density at radius 2 is 1.91 bits per heavy atom. The highest BCUT2D eigenvalue weighted by molar-refractivity contribution is 5.66. The first-order valence-electron chi connectivity index (χ1n) is 7.74. The van der Waals surface area contributed by atoms with Crippen LogP contribution in [0.25, 0.3) is 11.1 Å². The van der Waals surface area contributed by atoms with E-state index in [9.17, 15) is 8.78 Å². The summed E-state index contributed by atoms with van der Waals surface area (Å²) < 4.78 is 26.5. The zero-order valence-corrected chi connectivity index (χ0v) is 13.0. The van der Waals surface area contributed by atoms with Crippen molar-refractivity contribution in [3.05, 3.63) is 41.7 Å². The van der Waals surface area contributed by atoms with Crippen LogP contribution in [0.15, 0.2) is 30.5 Å². The van der Waals surface area contributed by atoms with E-state index in [1.165, 1.54) is 24.6 Å². The first kappa shape index (κ1) is 15.2. The molecule has 0 radical (unpaired) electrons. The molecule has 118 valence electrons. The Bertz CT molecular complexity index is 645. The second-order valence-electron chi connectivity index (χ2n) is 5.91. The molecule has 0 aliphatic carbocycles. The second kappa shape index (κ2) is 6.16. The van der Waals surface area contributed by atoms with Crippen LogP contribution in [-0.2, 0) is 0 Å². The summed E-state index contributed by atoms with van der Waals surface area (Å²) in [6.07, 6.45) is 4.04. The molecule has 22 heavy (non-hydrogen) atoms. The number of hydrogen-bond acceptors (Lipinski definition) is 2. The minimum absolute atomic E-state index is 0.355. The number of hydrogen-bond donors (Lipinski definition) is 0. The van der Waals surface area contributed by atoms with Crippen LogP contribution in [0.3, 0.4) is 0 Å². The Morgan fingerprint density at radius 3 is 2.55 bits per heavy atom. The maximum atomic E-state index is 12.9. The lowest BCUT2D eigenvalue weighted by Crippen LogP contribution is -2.23. The van der Waals surface area contributed by atoms with Gasteiger partial charge < -0.3 is 0 Å². The summed E-state index contributed by atoms with van der Waals surface area (Å²) in [5, 5.41) is 3.80. The SMILES string of the molecule is Cc1c(-c2cccc([C@@H](C)N3CCCC3)c2)cnn1C(F)F. The molecule has 1 aromatic heterocycles. The van der Waals surface area contributed by atoms with Crippen LogP contribution < -0.4 is 0 Å². The van der Waals surface area contributed by atoms with E-state index in [1.807, 2.05) is 12.1 Å². The Morgan fingerprint density at radius 1 is 1.18 bits per heavy atom. The molecule has 3 nitrogen and oxygen atoms in total. The maximum Gasteiger partial charge on any atom is 0.333 e. The van der Waals surface area contributed by atoms with Crippen LogP contribution in [0.2, 0.25) is 0 Å². The average Bonchev–Trinajstić information content (AvgIpc) is 3.16. The standard InChI is InChI=1S/C17H21F2N3/c1-12(21-8-3-4-9-21)14-6-5-7-15(10-14)16-11-20-22(13(16)2)17(18)19/h5-7,10-12,17H,3-4,8-9H2,1-2H3/t12-/m1/s1. The molecule has 1 aliphatic rings. The molecule has 5 heteroatoms. The topological polar surface area (TPSA) is 21.1 Å². The van der Waals surface area contributed by atoms with Crippen molar-refractivity contribution in [2.75, 3.05) is 13.1 Å². The van der Waals surface area contributed by atoms with Gasteiger partial charge in [0, 0.05) is 17.3 Å². The molecule has 2 aromatic rings. The van der Waals surface area contributed by atoms with Gasteiger partial charge in [-0.3, -0.25) is 4.90 Å². The number of rotatable bonds is 4. The van der Waals surface area contributed by atoms with Crippen molar-refractivity contribution in [1.82, 2.24) is 14.7 Å². The molecule has 1 atom stereocenters. The first-order valence-corrected chi connectivity index (χ1v) is 7.74. The average molecular weight is 305 g/mol. The van der Waals surface area contributed by atoms with Gasteiger partial charge in [0.15, 0.2) is 0 Å². The molecule has 1 saturated heterocycles. The van der Waals surface area contributed by atoms with Gasteiger partial charge in [-0.05, 0) is 57.0 Å². The van der Waals surface area contributed by atoms with Gasteiger partial charge in [0.25, 0.3) is 0 Å². The van der Waals surface area contributed by atoms with E-state index < -0.39 is 6.55 Å². The third-order valence-electron chi connectivity index (χ3n) is 4.60. The highest BCUT2D eigenvalue weighted by Crippen LogP contribution is 2.30. The Labute approximate surface area is 129 Å². The van der Waals surface area contributed by atoms with E-state index in [4.69, 9.17) is 0 Å². The fraction of sp³-hybridized carbons (Fsp3) is 0.471. The fourth-order valence-electron chi connectivity index (χ4n) is 3.21. The highest BCUT2D eigenvalue weighted by atomic mass is 19.3. The van der Waals surface area contributed by atoms with Crippen molar-refractivity contribution in [2.45, 2.75) is 39.3 Å². The molecule has 1 aliphatic heterocycles. The Hall–Kier alpha value is -1.75. The van der Waals surface area contributed by atoms with Gasteiger partial charge in [0.05, 0.1) is 6.20 Å². The van der Waals surface area contributed by atoms with Crippen LogP contribution in [0, 0.1) is 6.92 Å². The summed E-state index contributed by atoms with van der Waals surface area (Å²) >= 11 is 0. The summed E-state index contributed by atoms with van der Waals surface area (Å²) in [7, 11) is 0.